The predicted molar refractivity (Wildman–Crippen MR) is 99.6 cm³/mol. The molecule has 138 valence electrons. The van der Waals surface area contributed by atoms with Gasteiger partial charge in [0.05, 0.1) is 6.26 Å². The fraction of sp³-hybridized carbons (Fsp3) is 0.429. The molecule has 1 N–H and O–H groups in total. The highest BCUT2D eigenvalue weighted by molar-refractivity contribution is 5.95. The van der Waals surface area contributed by atoms with Gasteiger partial charge in [-0.1, -0.05) is 44.2 Å². The van der Waals surface area contributed by atoms with Gasteiger partial charge in [-0.15, -0.1) is 0 Å². The molecule has 1 aliphatic heterocycles. The molecule has 2 unspecified atom stereocenters. The zero-order valence-electron chi connectivity index (χ0n) is 15.4. The minimum atomic E-state index is -0.604. The van der Waals surface area contributed by atoms with Gasteiger partial charge in [-0.2, -0.15) is 0 Å². The summed E-state index contributed by atoms with van der Waals surface area (Å²) in [6, 6.07) is 12.4. The maximum absolute atomic E-state index is 13.2. The number of nitrogens with one attached hydrogen (secondary N) is 1. The van der Waals surface area contributed by atoms with E-state index < -0.39 is 6.04 Å². The summed E-state index contributed by atoms with van der Waals surface area (Å²) >= 11 is 0. The van der Waals surface area contributed by atoms with Crippen LogP contribution in [0.25, 0.3) is 0 Å². The van der Waals surface area contributed by atoms with E-state index in [0.29, 0.717) is 18.3 Å². The molecule has 0 bridgehead atoms. The smallest absolute Gasteiger partial charge is 0.287 e. The van der Waals surface area contributed by atoms with Crippen molar-refractivity contribution in [2.24, 2.45) is 11.8 Å². The summed E-state index contributed by atoms with van der Waals surface area (Å²) < 4.78 is 5.17. The van der Waals surface area contributed by atoms with Gasteiger partial charge in [0.25, 0.3) is 5.91 Å². The van der Waals surface area contributed by atoms with E-state index in [2.05, 4.69) is 19.2 Å². The Morgan fingerprint density at radius 2 is 1.81 bits per heavy atom. The quantitative estimate of drug-likeness (QED) is 0.897. The van der Waals surface area contributed by atoms with Crippen molar-refractivity contribution < 1.29 is 14.0 Å². The van der Waals surface area contributed by atoms with E-state index in [1.54, 1.807) is 12.1 Å². The molecule has 2 heterocycles. The van der Waals surface area contributed by atoms with E-state index in [4.69, 9.17) is 4.42 Å². The van der Waals surface area contributed by atoms with Crippen molar-refractivity contribution >= 4 is 11.8 Å². The Balaban J connectivity index is 1.77. The molecule has 0 aliphatic carbocycles. The van der Waals surface area contributed by atoms with E-state index in [1.165, 1.54) is 6.26 Å². The number of carbonyl (C=O) groups is 2. The van der Waals surface area contributed by atoms with Crippen LogP contribution in [-0.2, 0) is 11.2 Å². The Labute approximate surface area is 154 Å². The van der Waals surface area contributed by atoms with Crippen LogP contribution in [0.3, 0.4) is 0 Å². The first kappa shape index (κ1) is 18.2. The highest BCUT2D eigenvalue weighted by Crippen LogP contribution is 2.22. The Morgan fingerprint density at radius 3 is 2.42 bits per heavy atom. The molecule has 1 aromatic heterocycles. The number of carbonyl (C=O) groups excluding carboxylic acids is 2. The average molecular weight is 354 g/mol. The van der Waals surface area contributed by atoms with Crippen molar-refractivity contribution in [3.8, 4) is 0 Å². The summed E-state index contributed by atoms with van der Waals surface area (Å²) in [7, 11) is 0. The van der Waals surface area contributed by atoms with Crippen LogP contribution in [0.5, 0.6) is 0 Å². The summed E-state index contributed by atoms with van der Waals surface area (Å²) in [6.07, 6.45) is 3.05. The van der Waals surface area contributed by atoms with Crippen molar-refractivity contribution in [3.63, 3.8) is 0 Å². The van der Waals surface area contributed by atoms with Crippen LogP contribution in [0, 0.1) is 11.8 Å². The number of benzene rings is 1. The van der Waals surface area contributed by atoms with Gasteiger partial charge < -0.3 is 14.6 Å². The first-order valence-electron chi connectivity index (χ1n) is 9.20. The van der Waals surface area contributed by atoms with E-state index in [-0.39, 0.29) is 17.6 Å². The lowest BCUT2D eigenvalue weighted by molar-refractivity contribution is -0.135. The maximum Gasteiger partial charge on any atom is 0.287 e. The van der Waals surface area contributed by atoms with Gasteiger partial charge in [-0.25, -0.2) is 0 Å². The lowest BCUT2D eigenvalue weighted by atomic mass is 9.91. The number of hydrogen-bond acceptors (Lipinski definition) is 3. The monoisotopic (exact) mass is 354 g/mol. The van der Waals surface area contributed by atoms with Gasteiger partial charge in [0.15, 0.2) is 5.76 Å². The third-order valence-electron chi connectivity index (χ3n) is 4.81. The molecule has 1 aromatic carbocycles. The van der Waals surface area contributed by atoms with Gasteiger partial charge >= 0.3 is 0 Å². The molecule has 2 amide bonds. The first-order chi connectivity index (χ1) is 12.5. The van der Waals surface area contributed by atoms with Crippen molar-refractivity contribution in [2.45, 2.75) is 32.7 Å². The second kappa shape index (κ2) is 8.21. The van der Waals surface area contributed by atoms with Gasteiger partial charge in [-0.3, -0.25) is 9.59 Å². The molecule has 0 radical (unpaired) electrons. The van der Waals surface area contributed by atoms with Crippen LogP contribution >= 0.6 is 0 Å². The number of likely N-dealkylation sites (tertiary alicyclic amines) is 1. The number of hydrogen-bond donors (Lipinski definition) is 1. The summed E-state index contributed by atoms with van der Waals surface area (Å²) in [5, 5.41) is 2.87. The number of amides is 2. The Hall–Kier alpha value is -2.56. The zero-order chi connectivity index (χ0) is 18.5. The molecule has 3 atom stereocenters. The van der Waals surface area contributed by atoms with Crippen LogP contribution < -0.4 is 5.32 Å². The molecule has 26 heavy (non-hydrogen) atoms. The second-order valence-corrected chi connectivity index (χ2v) is 7.38. The van der Waals surface area contributed by atoms with Gasteiger partial charge in [0.2, 0.25) is 5.91 Å². The number of nitrogens with zero attached hydrogens (tertiary/aromatic N) is 1. The molecular formula is C21H26N2O3. The summed E-state index contributed by atoms with van der Waals surface area (Å²) in [5.74, 6) is 0.785. The largest absolute Gasteiger partial charge is 0.459 e. The second-order valence-electron chi connectivity index (χ2n) is 7.38. The minimum absolute atomic E-state index is 0.0211. The highest BCUT2D eigenvalue weighted by atomic mass is 16.3. The van der Waals surface area contributed by atoms with Gasteiger partial charge in [0, 0.05) is 19.5 Å². The summed E-state index contributed by atoms with van der Waals surface area (Å²) in [6.45, 7) is 5.82. The van der Waals surface area contributed by atoms with Crippen LogP contribution in [-0.4, -0.2) is 35.8 Å². The number of furan rings is 1. The number of rotatable bonds is 5. The van der Waals surface area contributed by atoms with E-state index in [1.807, 2.05) is 35.2 Å². The third-order valence-corrected chi connectivity index (χ3v) is 4.81. The predicted octanol–water partition coefficient (Wildman–Crippen LogP) is 3.13. The van der Waals surface area contributed by atoms with Gasteiger partial charge in [-0.05, 0) is 36.0 Å². The van der Waals surface area contributed by atoms with Crippen LogP contribution in [0.2, 0.25) is 0 Å². The topological polar surface area (TPSA) is 62.6 Å². The van der Waals surface area contributed by atoms with E-state index in [9.17, 15) is 9.59 Å². The highest BCUT2D eigenvalue weighted by Gasteiger charge is 2.31. The number of piperidine rings is 1. The first-order valence-corrected chi connectivity index (χ1v) is 9.20. The lowest BCUT2D eigenvalue weighted by Gasteiger charge is -2.37. The normalized spacial score (nSPS) is 21.2. The SMILES string of the molecule is CC1CC(C)CN(C(=O)[C@H](Cc2ccccc2)NC(=O)c2ccco2)C1. The Bertz CT molecular complexity index is 717. The van der Waals surface area contributed by atoms with Crippen molar-refractivity contribution in [1.82, 2.24) is 10.2 Å². The van der Waals surface area contributed by atoms with E-state index in [0.717, 1.165) is 25.1 Å². The molecule has 5 heteroatoms. The molecule has 2 aromatic rings. The van der Waals surface area contributed by atoms with E-state index >= 15 is 0 Å². The Morgan fingerprint density at radius 1 is 1.12 bits per heavy atom. The lowest BCUT2D eigenvalue weighted by Crippen LogP contribution is -2.53. The fourth-order valence-electron chi connectivity index (χ4n) is 3.75. The average Bonchev–Trinajstić information content (AvgIpc) is 3.15. The van der Waals surface area contributed by atoms with Crippen molar-refractivity contribution in [1.29, 1.82) is 0 Å². The summed E-state index contributed by atoms with van der Waals surface area (Å²) in [5.41, 5.74) is 1.02. The molecule has 0 spiro atoms. The van der Waals surface area contributed by atoms with Gasteiger partial charge in [0.1, 0.15) is 6.04 Å². The molecular weight excluding hydrogens is 328 g/mol. The molecule has 1 saturated heterocycles. The minimum Gasteiger partial charge on any atom is -0.459 e. The zero-order valence-corrected chi connectivity index (χ0v) is 15.4. The third kappa shape index (κ3) is 4.54. The molecule has 5 nitrogen and oxygen atoms in total. The van der Waals surface area contributed by atoms with Crippen LogP contribution in [0.15, 0.2) is 53.1 Å². The van der Waals surface area contributed by atoms with Crippen molar-refractivity contribution in [2.75, 3.05) is 13.1 Å². The molecule has 0 saturated carbocycles. The van der Waals surface area contributed by atoms with Crippen LogP contribution in [0.1, 0.15) is 36.4 Å². The van der Waals surface area contributed by atoms with Crippen LogP contribution in [0.4, 0.5) is 0 Å². The summed E-state index contributed by atoms with van der Waals surface area (Å²) in [4.78, 5) is 27.5. The standard InChI is InChI=1S/C21H26N2O3/c1-15-11-16(2)14-23(13-15)21(25)18(12-17-7-4-3-5-8-17)22-20(24)19-9-6-10-26-19/h3-10,15-16,18H,11-14H2,1-2H3,(H,22,24)/t15?,16?,18-/m0/s1. The molecule has 3 rings (SSSR count). The van der Waals surface area contributed by atoms with Crippen molar-refractivity contribution in [3.05, 3.63) is 60.1 Å². The molecule has 1 fully saturated rings. The Kier molecular flexibility index (Phi) is 5.76. The maximum atomic E-state index is 13.2. The fourth-order valence-corrected chi connectivity index (χ4v) is 3.75. The molecule has 1 aliphatic rings.